The molecule has 2 heteroatoms. The fourth-order valence-corrected chi connectivity index (χ4v) is 1.28. The second-order valence-corrected chi connectivity index (χ2v) is 3.30. The molecule has 0 saturated heterocycles. The molecule has 0 saturated carbocycles. The molecule has 0 aromatic carbocycles. The summed E-state index contributed by atoms with van der Waals surface area (Å²) in [5.41, 5.74) is 1.28. The molecule has 1 nitrogen and oxygen atoms in total. The van der Waals surface area contributed by atoms with Crippen molar-refractivity contribution in [1.82, 2.24) is 5.32 Å². The molecule has 0 bridgehead atoms. The quantitative estimate of drug-likeness (QED) is 0.745. The summed E-state index contributed by atoms with van der Waals surface area (Å²) in [5, 5.41) is 3.29. The SMILES string of the molecule is CCNC1=CC=C(Br)C=CC1. The Morgan fingerprint density at radius 2 is 2.36 bits per heavy atom. The van der Waals surface area contributed by atoms with Crippen molar-refractivity contribution in [2.75, 3.05) is 6.54 Å². The van der Waals surface area contributed by atoms with Crippen LogP contribution in [0.25, 0.3) is 0 Å². The second kappa shape index (κ2) is 4.39. The van der Waals surface area contributed by atoms with Gasteiger partial charge in [0.05, 0.1) is 0 Å². The van der Waals surface area contributed by atoms with E-state index in [0.717, 1.165) is 17.4 Å². The molecular weight excluding hydrogens is 202 g/mol. The van der Waals surface area contributed by atoms with E-state index in [0.29, 0.717) is 0 Å². The van der Waals surface area contributed by atoms with Crippen LogP contribution in [0.3, 0.4) is 0 Å². The van der Waals surface area contributed by atoms with Crippen molar-refractivity contribution in [3.63, 3.8) is 0 Å². The molecule has 0 spiro atoms. The molecule has 0 amide bonds. The topological polar surface area (TPSA) is 12.0 Å². The van der Waals surface area contributed by atoms with Crippen LogP contribution in [0.2, 0.25) is 0 Å². The van der Waals surface area contributed by atoms with Crippen LogP contribution < -0.4 is 5.32 Å². The molecular formula is C9H12BrN. The van der Waals surface area contributed by atoms with Gasteiger partial charge in [-0.05, 0) is 19.1 Å². The summed E-state index contributed by atoms with van der Waals surface area (Å²) in [6.07, 6.45) is 9.37. The fourth-order valence-electron chi connectivity index (χ4n) is 0.960. The van der Waals surface area contributed by atoms with Gasteiger partial charge in [-0.3, -0.25) is 0 Å². The number of allylic oxidation sites excluding steroid dienone is 5. The van der Waals surface area contributed by atoms with Gasteiger partial charge in [0.15, 0.2) is 0 Å². The first-order valence-corrected chi connectivity index (χ1v) is 4.59. The van der Waals surface area contributed by atoms with Crippen LogP contribution >= 0.6 is 15.9 Å². The van der Waals surface area contributed by atoms with Crippen molar-refractivity contribution in [2.24, 2.45) is 0 Å². The maximum atomic E-state index is 3.42. The Bertz CT molecular complexity index is 214. The molecule has 0 aliphatic heterocycles. The Labute approximate surface area is 76.0 Å². The van der Waals surface area contributed by atoms with Crippen LogP contribution in [-0.4, -0.2) is 6.54 Å². The zero-order valence-electron chi connectivity index (χ0n) is 6.60. The second-order valence-electron chi connectivity index (χ2n) is 2.38. The third kappa shape index (κ3) is 2.93. The smallest absolute Gasteiger partial charge is 0.0172 e. The summed E-state index contributed by atoms with van der Waals surface area (Å²) >= 11 is 3.42. The zero-order chi connectivity index (χ0) is 8.10. The van der Waals surface area contributed by atoms with Gasteiger partial charge in [0.1, 0.15) is 0 Å². The van der Waals surface area contributed by atoms with Crippen LogP contribution in [-0.2, 0) is 0 Å². The highest BCUT2D eigenvalue weighted by Crippen LogP contribution is 2.13. The number of hydrogen-bond donors (Lipinski definition) is 1. The summed E-state index contributed by atoms with van der Waals surface area (Å²) in [7, 11) is 0. The van der Waals surface area contributed by atoms with Crippen molar-refractivity contribution in [2.45, 2.75) is 13.3 Å². The highest BCUT2D eigenvalue weighted by atomic mass is 79.9. The van der Waals surface area contributed by atoms with Gasteiger partial charge in [0, 0.05) is 23.1 Å². The Morgan fingerprint density at radius 1 is 1.55 bits per heavy atom. The minimum Gasteiger partial charge on any atom is -0.388 e. The Balaban J connectivity index is 2.62. The molecule has 1 aliphatic carbocycles. The van der Waals surface area contributed by atoms with E-state index in [2.05, 4.69) is 52.5 Å². The minimum atomic E-state index is 0.991. The van der Waals surface area contributed by atoms with E-state index in [-0.39, 0.29) is 0 Å². The van der Waals surface area contributed by atoms with Crippen molar-refractivity contribution in [1.29, 1.82) is 0 Å². The third-order valence-electron chi connectivity index (χ3n) is 1.46. The highest BCUT2D eigenvalue weighted by Gasteiger charge is 1.94. The molecule has 0 unspecified atom stereocenters. The van der Waals surface area contributed by atoms with E-state index < -0.39 is 0 Å². The largest absolute Gasteiger partial charge is 0.388 e. The van der Waals surface area contributed by atoms with E-state index in [1.807, 2.05) is 0 Å². The van der Waals surface area contributed by atoms with Crippen molar-refractivity contribution in [3.05, 3.63) is 34.5 Å². The maximum Gasteiger partial charge on any atom is 0.0172 e. The normalized spacial score (nSPS) is 16.9. The van der Waals surface area contributed by atoms with E-state index in [9.17, 15) is 0 Å². The number of halogens is 1. The summed E-state index contributed by atoms with van der Waals surface area (Å²) < 4.78 is 1.13. The Morgan fingerprint density at radius 3 is 3.09 bits per heavy atom. The molecule has 1 aliphatic rings. The summed E-state index contributed by atoms with van der Waals surface area (Å²) in [6, 6.07) is 0. The number of hydrogen-bond acceptors (Lipinski definition) is 1. The van der Waals surface area contributed by atoms with Gasteiger partial charge in [-0.15, -0.1) is 0 Å². The van der Waals surface area contributed by atoms with E-state index in [1.165, 1.54) is 5.70 Å². The lowest BCUT2D eigenvalue weighted by Gasteiger charge is -2.03. The van der Waals surface area contributed by atoms with E-state index in [4.69, 9.17) is 0 Å². The fraction of sp³-hybridized carbons (Fsp3) is 0.333. The first-order chi connectivity index (χ1) is 5.33. The zero-order valence-corrected chi connectivity index (χ0v) is 8.19. The Kier molecular flexibility index (Phi) is 3.43. The van der Waals surface area contributed by atoms with E-state index >= 15 is 0 Å². The van der Waals surface area contributed by atoms with Gasteiger partial charge >= 0.3 is 0 Å². The molecule has 0 atom stereocenters. The predicted octanol–water partition coefficient (Wildman–Crippen LogP) is 2.72. The first kappa shape index (κ1) is 8.60. The predicted molar refractivity (Wildman–Crippen MR) is 52.5 cm³/mol. The van der Waals surface area contributed by atoms with Gasteiger partial charge in [-0.1, -0.05) is 28.1 Å². The van der Waals surface area contributed by atoms with E-state index in [1.54, 1.807) is 0 Å². The lowest BCUT2D eigenvalue weighted by atomic mass is 10.3. The van der Waals surface area contributed by atoms with Gasteiger partial charge in [0.2, 0.25) is 0 Å². The maximum absolute atomic E-state index is 3.42. The van der Waals surface area contributed by atoms with Crippen LogP contribution in [0, 0.1) is 0 Å². The van der Waals surface area contributed by atoms with Crippen molar-refractivity contribution < 1.29 is 0 Å². The lowest BCUT2D eigenvalue weighted by Crippen LogP contribution is -2.10. The standard InChI is InChI=1S/C9H12BrN/c1-2-11-9-5-3-4-8(10)6-7-9/h3-4,6-7,11H,2,5H2,1H3. The highest BCUT2D eigenvalue weighted by molar-refractivity contribution is 9.11. The molecule has 60 valence electrons. The average Bonchev–Trinajstić information content (AvgIpc) is 2.17. The van der Waals surface area contributed by atoms with Crippen LogP contribution in [0.15, 0.2) is 34.5 Å². The molecule has 0 aromatic rings. The molecule has 0 heterocycles. The van der Waals surface area contributed by atoms with Gasteiger partial charge < -0.3 is 5.32 Å². The first-order valence-electron chi connectivity index (χ1n) is 3.79. The lowest BCUT2D eigenvalue weighted by molar-refractivity contribution is 0.828. The van der Waals surface area contributed by atoms with Crippen LogP contribution in [0.4, 0.5) is 0 Å². The molecule has 0 radical (unpaired) electrons. The van der Waals surface area contributed by atoms with Crippen LogP contribution in [0.1, 0.15) is 13.3 Å². The van der Waals surface area contributed by atoms with Gasteiger partial charge in [-0.2, -0.15) is 0 Å². The van der Waals surface area contributed by atoms with Crippen LogP contribution in [0.5, 0.6) is 0 Å². The molecule has 1 rings (SSSR count). The molecule has 0 aromatic heterocycles. The molecule has 0 fully saturated rings. The summed E-state index contributed by atoms with van der Waals surface area (Å²) in [6.45, 7) is 3.10. The average molecular weight is 214 g/mol. The van der Waals surface area contributed by atoms with Gasteiger partial charge in [0.25, 0.3) is 0 Å². The number of nitrogens with one attached hydrogen (secondary N) is 1. The molecule has 1 N–H and O–H groups in total. The monoisotopic (exact) mass is 213 g/mol. The van der Waals surface area contributed by atoms with Gasteiger partial charge in [-0.25, -0.2) is 0 Å². The van der Waals surface area contributed by atoms with Crippen molar-refractivity contribution in [3.8, 4) is 0 Å². The minimum absolute atomic E-state index is 0.991. The molecule has 11 heavy (non-hydrogen) atoms. The van der Waals surface area contributed by atoms with Crippen molar-refractivity contribution >= 4 is 15.9 Å². The third-order valence-corrected chi connectivity index (χ3v) is 1.99. The summed E-state index contributed by atoms with van der Waals surface area (Å²) in [4.78, 5) is 0. The number of rotatable bonds is 2. The summed E-state index contributed by atoms with van der Waals surface area (Å²) in [5.74, 6) is 0. The Hall–Kier alpha value is -0.500.